The smallest absolute Gasteiger partial charge is 0.341 e. The van der Waals surface area contributed by atoms with Crippen LogP contribution < -0.4 is 16.0 Å². The molecule has 158 valence electrons. The van der Waals surface area contributed by atoms with E-state index in [0.717, 1.165) is 21.6 Å². The van der Waals surface area contributed by atoms with Gasteiger partial charge in [0.2, 0.25) is 0 Å². The predicted octanol–water partition coefficient (Wildman–Crippen LogP) is 4.28. The summed E-state index contributed by atoms with van der Waals surface area (Å²) >= 11 is 6.68. The molecule has 1 aliphatic rings. The number of aryl methyl sites for hydroxylation is 2. The number of nitrogens with one attached hydrogen (secondary N) is 3. The molecule has 1 aromatic heterocycles. The molecule has 1 atom stereocenters. The zero-order chi connectivity index (χ0) is 22.0. The number of esters is 1. The first-order chi connectivity index (χ1) is 14.2. The van der Waals surface area contributed by atoms with Gasteiger partial charge in [-0.3, -0.25) is 4.79 Å². The summed E-state index contributed by atoms with van der Waals surface area (Å²) in [5.74, 6) is -0.733. The Labute approximate surface area is 185 Å². The van der Waals surface area contributed by atoms with E-state index < -0.39 is 12.0 Å². The number of benzene rings is 1. The topological polar surface area (TPSA) is 79.5 Å². The van der Waals surface area contributed by atoms with Gasteiger partial charge in [-0.2, -0.15) is 0 Å². The quantitative estimate of drug-likeness (QED) is 0.473. The molecule has 1 aliphatic heterocycles. The predicted molar refractivity (Wildman–Crippen MR) is 124 cm³/mol. The molecule has 0 spiro atoms. The summed E-state index contributed by atoms with van der Waals surface area (Å²) < 4.78 is 5.19. The van der Waals surface area contributed by atoms with Gasteiger partial charge in [-0.25, -0.2) is 4.79 Å². The monoisotopic (exact) mass is 443 g/mol. The lowest BCUT2D eigenvalue weighted by molar-refractivity contribution is -0.113. The molecule has 0 radical (unpaired) electrons. The van der Waals surface area contributed by atoms with Crippen LogP contribution in [0.25, 0.3) is 0 Å². The van der Waals surface area contributed by atoms with Crippen LogP contribution in [0.4, 0.5) is 5.00 Å². The van der Waals surface area contributed by atoms with Crippen LogP contribution in [-0.2, 0) is 9.53 Å². The van der Waals surface area contributed by atoms with E-state index in [1.165, 1.54) is 11.3 Å². The van der Waals surface area contributed by atoms with Crippen LogP contribution in [0.2, 0.25) is 0 Å². The van der Waals surface area contributed by atoms with Gasteiger partial charge in [0.15, 0.2) is 5.11 Å². The molecule has 0 saturated heterocycles. The van der Waals surface area contributed by atoms with E-state index in [-0.39, 0.29) is 12.5 Å². The minimum absolute atomic E-state index is 0.269. The Morgan fingerprint density at radius 3 is 2.47 bits per heavy atom. The molecule has 6 nitrogen and oxygen atoms in total. The first-order valence-electron chi connectivity index (χ1n) is 9.66. The molecule has 30 heavy (non-hydrogen) atoms. The van der Waals surface area contributed by atoms with Crippen LogP contribution >= 0.6 is 23.6 Å². The van der Waals surface area contributed by atoms with Gasteiger partial charge in [-0.05, 0) is 58.0 Å². The van der Waals surface area contributed by atoms with Crippen molar-refractivity contribution in [3.8, 4) is 0 Å². The summed E-state index contributed by atoms with van der Waals surface area (Å²) in [7, 11) is 0. The van der Waals surface area contributed by atoms with Crippen molar-refractivity contribution in [1.29, 1.82) is 0 Å². The number of hydrogen-bond donors (Lipinski definition) is 3. The number of allylic oxidation sites excluding steroid dienone is 1. The minimum atomic E-state index is -0.434. The number of thiophene rings is 1. The van der Waals surface area contributed by atoms with Crippen molar-refractivity contribution < 1.29 is 14.3 Å². The normalized spacial score (nSPS) is 16.0. The molecule has 0 aliphatic carbocycles. The van der Waals surface area contributed by atoms with Gasteiger partial charge >= 0.3 is 5.97 Å². The van der Waals surface area contributed by atoms with Crippen LogP contribution in [-0.4, -0.2) is 23.6 Å². The largest absolute Gasteiger partial charge is 0.462 e. The zero-order valence-electron chi connectivity index (χ0n) is 17.6. The molecular weight excluding hydrogens is 418 g/mol. The lowest BCUT2D eigenvalue weighted by Crippen LogP contribution is -2.45. The second-order valence-corrected chi connectivity index (χ2v) is 8.78. The van der Waals surface area contributed by atoms with E-state index in [1.54, 1.807) is 6.92 Å². The first kappa shape index (κ1) is 22.0. The Morgan fingerprint density at radius 2 is 1.83 bits per heavy atom. The van der Waals surface area contributed by atoms with Crippen LogP contribution in [0, 0.1) is 20.8 Å². The maximum atomic E-state index is 13.4. The van der Waals surface area contributed by atoms with E-state index in [0.29, 0.717) is 26.9 Å². The highest BCUT2D eigenvalue weighted by molar-refractivity contribution is 7.80. The lowest BCUT2D eigenvalue weighted by atomic mass is 9.94. The van der Waals surface area contributed by atoms with Crippen molar-refractivity contribution >= 4 is 45.5 Å². The maximum Gasteiger partial charge on any atom is 0.341 e. The second kappa shape index (κ2) is 8.97. The highest BCUT2D eigenvalue weighted by atomic mass is 32.1. The number of carbonyl (C=O) groups is 2. The van der Waals surface area contributed by atoms with Gasteiger partial charge in [0.1, 0.15) is 5.00 Å². The molecule has 1 aromatic carbocycles. The van der Waals surface area contributed by atoms with Crippen LogP contribution in [0.15, 0.2) is 35.5 Å². The van der Waals surface area contributed by atoms with E-state index in [9.17, 15) is 9.59 Å². The summed E-state index contributed by atoms with van der Waals surface area (Å²) in [6.07, 6.45) is 0. The fourth-order valence-corrected chi connectivity index (χ4v) is 4.65. The van der Waals surface area contributed by atoms with Crippen molar-refractivity contribution in [2.75, 3.05) is 11.9 Å². The number of amides is 1. The van der Waals surface area contributed by atoms with Gasteiger partial charge in [-0.1, -0.05) is 29.8 Å². The summed E-state index contributed by atoms with van der Waals surface area (Å²) in [4.78, 5) is 26.8. The molecule has 0 saturated carbocycles. The van der Waals surface area contributed by atoms with Gasteiger partial charge < -0.3 is 20.7 Å². The number of carbonyl (C=O) groups excluding carboxylic acids is 2. The van der Waals surface area contributed by atoms with Crippen LogP contribution in [0.5, 0.6) is 0 Å². The maximum absolute atomic E-state index is 13.4. The van der Waals surface area contributed by atoms with E-state index in [1.807, 2.05) is 52.0 Å². The Hall–Kier alpha value is -2.71. The summed E-state index contributed by atoms with van der Waals surface area (Å²) in [6.45, 7) is 9.63. The minimum Gasteiger partial charge on any atom is -0.462 e. The average molecular weight is 444 g/mol. The van der Waals surface area contributed by atoms with Crippen molar-refractivity contribution in [3.05, 3.63) is 62.7 Å². The van der Waals surface area contributed by atoms with Crippen LogP contribution in [0.3, 0.4) is 0 Å². The second-order valence-electron chi connectivity index (χ2n) is 7.14. The molecule has 0 bridgehead atoms. The molecule has 2 aromatic rings. The summed E-state index contributed by atoms with van der Waals surface area (Å²) in [6, 6.07) is 7.55. The fraction of sp³-hybridized carbons (Fsp3) is 0.318. The Bertz CT molecular complexity index is 1040. The highest BCUT2D eigenvalue weighted by Gasteiger charge is 2.31. The Kier molecular flexibility index (Phi) is 6.58. The van der Waals surface area contributed by atoms with Gasteiger partial charge in [0.05, 0.1) is 23.8 Å². The van der Waals surface area contributed by atoms with Crippen molar-refractivity contribution in [2.45, 2.75) is 40.7 Å². The zero-order valence-corrected chi connectivity index (χ0v) is 19.3. The van der Waals surface area contributed by atoms with Crippen molar-refractivity contribution in [1.82, 2.24) is 10.6 Å². The third kappa shape index (κ3) is 4.39. The van der Waals surface area contributed by atoms with Crippen molar-refractivity contribution in [3.63, 3.8) is 0 Å². The lowest BCUT2D eigenvalue weighted by Gasteiger charge is -2.30. The number of ether oxygens (including phenoxy) is 1. The molecular formula is C22H25N3O3S2. The van der Waals surface area contributed by atoms with E-state index in [2.05, 4.69) is 16.0 Å². The number of anilines is 1. The third-order valence-electron chi connectivity index (χ3n) is 5.02. The van der Waals surface area contributed by atoms with E-state index >= 15 is 0 Å². The molecule has 8 heteroatoms. The standard InChI is InChI=1S/C22H25N3O3S2/c1-6-28-21(27)16-12(3)14(5)30-20(16)25-19(26)17-13(4)23-22(29)24-18(17)15-9-7-11(2)8-10-15/h7-10,18H,6H2,1-5H3,(H,25,26)(H2,23,24,29)/t18-/m0/s1. The van der Waals surface area contributed by atoms with E-state index in [4.69, 9.17) is 17.0 Å². The molecule has 3 rings (SSSR count). The summed E-state index contributed by atoms with van der Waals surface area (Å²) in [5, 5.41) is 10.1. The van der Waals surface area contributed by atoms with Gasteiger partial charge in [0.25, 0.3) is 5.91 Å². The molecule has 3 N–H and O–H groups in total. The van der Waals surface area contributed by atoms with Crippen molar-refractivity contribution in [2.24, 2.45) is 0 Å². The average Bonchev–Trinajstić information content (AvgIpc) is 2.95. The summed E-state index contributed by atoms with van der Waals surface area (Å²) in [5.41, 5.74) is 4.47. The first-order valence-corrected chi connectivity index (χ1v) is 10.9. The fourth-order valence-electron chi connectivity index (χ4n) is 3.34. The Morgan fingerprint density at radius 1 is 1.17 bits per heavy atom. The Balaban J connectivity index is 1.97. The number of rotatable bonds is 5. The van der Waals surface area contributed by atoms with Gasteiger partial charge in [0, 0.05) is 10.6 Å². The molecule has 2 heterocycles. The number of hydrogen-bond acceptors (Lipinski definition) is 5. The van der Waals surface area contributed by atoms with Crippen LogP contribution in [0.1, 0.15) is 51.8 Å². The molecule has 1 amide bonds. The van der Waals surface area contributed by atoms with Gasteiger partial charge in [-0.15, -0.1) is 11.3 Å². The number of thiocarbonyl (C=S) groups is 1. The molecule has 0 fully saturated rings. The third-order valence-corrected chi connectivity index (χ3v) is 6.36. The SMILES string of the molecule is CCOC(=O)c1c(NC(=O)C2=C(C)NC(=S)N[C@H]2c2ccc(C)cc2)sc(C)c1C. The molecule has 0 unspecified atom stereocenters. The highest BCUT2D eigenvalue weighted by Crippen LogP contribution is 2.35.